The van der Waals surface area contributed by atoms with Crippen LogP contribution >= 0.6 is 0 Å². The summed E-state index contributed by atoms with van der Waals surface area (Å²) in [6, 6.07) is 0. The quantitative estimate of drug-likeness (QED) is 0.207. The first-order valence-corrected chi connectivity index (χ1v) is 17.3. The Kier molecular flexibility index (Phi) is 40.7. The van der Waals surface area contributed by atoms with Crippen molar-refractivity contribution in [2.24, 2.45) is 10.8 Å². The fraction of sp³-hybridized carbons (Fsp3) is 0.789. The van der Waals surface area contributed by atoms with Gasteiger partial charge in [0.2, 0.25) is 5.88 Å². The van der Waals surface area contributed by atoms with Crippen molar-refractivity contribution in [1.29, 1.82) is 0 Å². The minimum absolute atomic E-state index is 0.0680. The third-order valence-corrected chi connectivity index (χ3v) is 5.49. The van der Waals surface area contributed by atoms with Crippen molar-refractivity contribution in [2.75, 3.05) is 48.1 Å². The second-order valence-electron chi connectivity index (χ2n) is 10.8. The molecule has 0 aromatic carbocycles. The molecule has 0 atom stereocenters. The van der Waals surface area contributed by atoms with Crippen LogP contribution in [-0.4, -0.2) is 81.3 Å². The minimum atomic E-state index is -0.138. The van der Waals surface area contributed by atoms with E-state index in [1.807, 2.05) is 76.2 Å². The topological polar surface area (TPSA) is 65.9 Å². The summed E-state index contributed by atoms with van der Waals surface area (Å²) < 4.78 is 21.4. The van der Waals surface area contributed by atoms with Gasteiger partial charge in [0, 0.05) is 52.7 Å². The molecule has 7 heteroatoms. The number of allylic oxidation sites excluding steroid dienone is 1. The molecular weight excluding hydrogens is 562 g/mol. The Morgan fingerprint density at radius 1 is 0.844 bits per heavy atom. The van der Waals surface area contributed by atoms with E-state index < -0.39 is 0 Å². The van der Waals surface area contributed by atoms with E-state index in [4.69, 9.17) is 14.2 Å². The van der Waals surface area contributed by atoms with Crippen molar-refractivity contribution in [3.05, 3.63) is 30.7 Å². The van der Waals surface area contributed by atoms with Crippen molar-refractivity contribution >= 4 is 0 Å². The fourth-order valence-corrected chi connectivity index (χ4v) is 4.03. The molecule has 2 heterocycles. The SMILES string of the molecule is C=CC.CC.CC.CC.CC.CC.COC.COC1CC(Oc2cnc(C#CC(C)(C)CC(C)(C)COC3CN(C)C3)cn2)C1. The molecule has 7 nitrogen and oxygen atoms in total. The van der Waals surface area contributed by atoms with Crippen LogP contribution in [0.4, 0.5) is 0 Å². The predicted molar refractivity (Wildman–Crippen MR) is 198 cm³/mol. The van der Waals surface area contributed by atoms with Crippen LogP contribution in [0.25, 0.3) is 0 Å². The number of ether oxygens (including phenoxy) is 4. The van der Waals surface area contributed by atoms with E-state index in [1.165, 1.54) is 0 Å². The lowest BCUT2D eigenvalue weighted by Gasteiger charge is -2.39. The van der Waals surface area contributed by atoms with Crippen LogP contribution in [0.3, 0.4) is 0 Å². The van der Waals surface area contributed by atoms with E-state index in [0.717, 1.165) is 39.0 Å². The molecule has 45 heavy (non-hydrogen) atoms. The molecule has 1 saturated heterocycles. The summed E-state index contributed by atoms with van der Waals surface area (Å²) in [6.45, 7) is 36.9. The maximum Gasteiger partial charge on any atom is 0.232 e. The van der Waals surface area contributed by atoms with Crippen LogP contribution in [0, 0.1) is 22.7 Å². The van der Waals surface area contributed by atoms with Crippen molar-refractivity contribution < 1.29 is 18.9 Å². The van der Waals surface area contributed by atoms with Crippen LogP contribution in [0.15, 0.2) is 25.0 Å². The van der Waals surface area contributed by atoms with E-state index in [-0.39, 0.29) is 16.9 Å². The molecule has 3 rings (SSSR count). The molecule has 0 unspecified atom stereocenters. The zero-order chi connectivity index (χ0) is 36.5. The maximum absolute atomic E-state index is 6.06. The maximum atomic E-state index is 6.06. The van der Waals surface area contributed by atoms with Gasteiger partial charge < -0.3 is 23.8 Å². The van der Waals surface area contributed by atoms with Crippen LogP contribution in [-0.2, 0) is 14.2 Å². The summed E-state index contributed by atoms with van der Waals surface area (Å²) in [5.41, 5.74) is 0.597. The van der Waals surface area contributed by atoms with E-state index in [0.29, 0.717) is 23.8 Å². The number of nitrogens with zero attached hydrogens (tertiary/aromatic N) is 3. The van der Waals surface area contributed by atoms with Crippen LogP contribution in [0.1, 0.15) is 129 Å². The van der Waals surface area contributed by atoms with Crippen molar-refractivity contribution in [2.45, 2.75) is 141 Å². The van der Waals surface area contributed by atoms with Gasteiger partial charge in [0.1, 0.15) is 11.8 Å². The molecule has 1 aromatic heterocycles. The van der Waals surface area contributed by atoms with Crippen molar-refractivity contribution in [1.82, 2.24) is 14.9 Å². The van der Waals surface area contributed by atoms with E-state index >= 15 is 0 Å². The van der Waals surface area contributed by atoms with Gasteiger partial charge in [0.05, 0.1) is 31.2 Å². The van der Waals surface area contributed by atoms with Gasteiger partial charge in [-0.3, -0.25) is 0 Å². The normalized spacial score (nSPS) is 16.2. The van der Waals surface area contributed by atoms with E-state index in [2.05, 4.69) is 72.8 Å². The molecule has 2 aliphatic rings. The average molecular weight is 640 g/mol. The van der Waals surface area contributed by atoms with Gasteiger partial charge in [-0.1, -0.05) is 95.1 Å². The third kappa shape index (κ3) is 29.2. The monoisotopic (exact) mass is 640 g/mol. The number of aromatic nitrogens is 2. The van der Waals surface area contributed by atoms with Gasteiger partial charge in [0.25, 0.3) is 0 Å². The zero-order valence-corrected chi connectivity index (χ0v) is 33.4. The second-order valence-corrected chi connectivity index (χ2v) is 10.8. The first kappa shape index (κ1) is 52.5. The largest absolute Gasteiger partial charge is 0.473 e. The Hall–Kier alpha value is -1.98. The summed E-state index contributed by atoms with van der Waals surface area (Å²) in [7, 11) is 7.10. The highest BCUT2D eigenvalue weighted by molar-refractivity contribution is 5.28. The summed E-state index contributed by atoms with van der Waals surface area (Å²) in [4.78, 5) is 11.0. The zero-order valence-electron chi connectivity index (χ0n) is 33.4. The average Bonchev–Trinajstić information content (AvgIpc) is 3.01. The van der Waals surface area contributed by atoms with Crippen molar-refractivity contribution in [3.8, 4) is 17.7 Å². The first-order chi connectivity index (χ1) is 21.5. The van der Waals surface area contributed by atoms with Gasteiger partial charge in [-0.2, -0.15) is 0 Å². The molecule has 0 spiro atoms. The summed E-state index contributed by atoms with van der Waals surface area (Å²) in [5, 5.41) is 0. The van der Waals surface area contributed by atoms with Gasteiger partial charge in [-0.05, 0) is 45.6 Å². The minimum Gasteiger partial charge on any atom is -0.473 e. The van der Waals surface area contributed by atoms with Gasteiger partial charge >= 0.3 is 0 Å². The number of likely N-dealkylation sites (tertiary alicyclic amines) is 1. The van der Waals surface area contributed by atoms with Crippen LogP contribution in [0.5, 0.6) is 5.88 Å². The molecule has 268 valence electrons. The third-order valence-electron chi connectivity index (χ3n) is 5.49. The molecule has 1 saturated carbocycles. The lowest BCUT2D eigenvalue weighted by Crippen LogP contribution is -2.50. The van der Waals surface area contributed by atoms with E-state index in [1.54, 1.807) is 39.8 Å². The highest BCUT2D eigenvalue weighted by Crippen LogP contribution is 2.34. The molecule has 0 radical (unpaired) electrons. The Labute approximate surface area is 282 Å². The summed E-state index contributed by atoms with van der Waals surface area (Å²) >= 11 is 0. The highest BCUT2D eigenvalue weighted by atomic mass is 16.5. The van der Waals surface area contributed by atoms with Gasteiger partial charge in [0.15, 0.2) is 0 Å². The standard InChI is InChI=1S/C23H35N3O3.C3H6.C2H6O.5C2H6/c1-22(2,15-23(3,4)16-28-20-13-26(5)14-20)8-7-17-11-25-21(12-24-17)29-19-9-18(10-19)27-6;2*1-3-2;5*1-2/h11-12,18-20H,9-10,13-16H2,1-6H3;3H,1H2,2H3;1-2H3;5*1-2H3. The fourth-order valence-electron chi connectivity index (χ4n) is 4.03. The number of hydrogen-bond acceptors (Lipinski definition) is 7. The molecule has 0 bridgehead atoms. The summed E-state index contributed by atoms with van der Waals surface area (Å²) in [5.74, 6) is 7.11. The van der Waals surface area contributed by atoms with Gasteiger partial charge in [-0.25, -0.2) is 9.97 Å². The summed E-state index contributed by atoms with van der Waals surface area (Å²) in [6.07, 6.45) is 8.73. The van der Waals surface area contributed by atoms with Gasteiger partial charge in [-0.15, -0.1) is 6.58 Å². The first-order valence-electron chi connectivity index (χ1n) is 17.3. The lowest BCUT2D eigenvalue weighted by molar-refractivity contribution is -0.0745. The number of methoxy groups -OCH3 is 2. The number of hydrogen-bond donors (Lipinski definition) is 0. The molecule has 0 N–H and O–H groups in total. The lowest BCUT2D eigenvalue weighted by atomic mass is 9.76. The Balaban J connectivity index is -0.000000287. The second kappa shape index (κ2) is 34.9. The molecule has 1 aliphatic heterocycles. The molecule has 1 aromatic rings. The molecule has 2 fully saturated rings. The van der Waals surface area contributed by atoms with E-state index in [9.17, 15) is 0 Å². The molecule has 0 amide bonds. The molecular formula is C38H77N3O4. The smallest absolute Gasteiger partial charge is 0.232 e. The van der Waals surface area contributed by atoms with Crippen molar-refractivity contribution in [3.63, 3.8) is 0 Å². The number of likely N-dealkylation sites (N-methyl/N-ethyl adjacent to an activating group) is 1. The number of rotatable bonds is 8. The van der Waals surface area contributed by atoms with Crippen LogP contribution < -0.4 is 4.74 Å². The predicted octanol–water partition coefficient (Wildman–Crippen LogP) is 9.74. The van der Waals surface area contributed by atoms with Crippen LogP contribution in [0.2, 0.25) is 0 Å². The Morgan fingerprint density at radius 3 is 1.69 bits per heavy atom. The molecule has 1 aliphatic carbocycles. The Morgan fingerprint density at radius 2 is 1.31 bits per heavy atom. The Bertz CT molecular complexity index is 789. The highest BCUT2D eigenvalue weighted by Gasteiger charge is 2.32.